The summed E-state index contributed by atoms with van der Waals surface area (Å²) in [5.74, 6) is 0.282. The molecule has 3 N–H and O–H groups in total. The van der Waals surface area contributed by atoms with Crippen LogP contribution in [0.25, 0.3) is 50.0 Å². The van der Waals surface area contributed by atoms with E-state index >= 15 is 0 Å². The molecule has 10 heteroatoms. The number of aromatic amines is 3. The van der Waals surface area contributed by atoms with Gasteiger partial charge in [-0.05, 0) is 22.9 Å². The zero-order valence-corrected chi connectivity index (χ0v) is 19.3. The van der Waals surface area contributed by atoms with Gasteiger partial charge in [-0.1, -0.05) is 42.5 Å². The van der Waals surface area contributed by atoms with Crippen molar-refractivity contribution < 1.29 is 0 Å². The van der Waals surface area contributed by atoms with Gasteiger partial charge in [0.1, 0.15) is 11.5 Å². The summed E-state index contributed by atoms with van der Waals surface area (Å²) < 4.78 is 4.26. The number of nitrogens with one attached hydrogen (secondary N) is 3. The molecule has 4 heterocycles. The molecule has 0 radical (unpaired) electrons. The number of nitrogens with zero attached hydrogens (tertiary/aromatic N) is 3. The standard InChI is InChI=1S/C26H20N6O4/c1-30-21-18(22(33)28-25(30)35)17(20(27-21)16-11-7-9-14-8-3-4-10-15(14)16)19-23(34)29-26(36)31(2)24(19)32-12-5-6-13-32/h3-13,27H,1-2H3,(H,28,33,35)(H,29,34,36). The number of aromatic nitrogens is 6. The molecule has 6 aromatic rings. The van der Waals surface area contributed by atoms with Crippen LogP contribution in [0.4, 0.5) is 0 Å². The van der Waals surface area contributed by atoms with Crippen LogP contribution in [-0.2, 0) is 14.1 Å². The quantitative estimate of drug-likeness (QED) is 0.359. The van der Waals surface area contributed by atoms with Gasteiger partial charge in [0.25, 0.3) is 11.1 Å². The summed E-state index contributed by atoms with van der Waals surface area (Å²) in [7, 11) is 3.08. The smallest absolute Gasteiger partial charge is 0.329 e. The van der Waals surface area contributed by atoms with Crippen molar-refractivity contribution in [2.45, 2.75) is 0 Å². The number of rotatable bonds is 3. The second-order valence-corrected chi connectivity index (χ2v) is 8.55. The maximum absolute atomic E-state index is 13.5. The molecule has 36 heavy (non-hydrogen) atoms. The van der Waals surface area contributed by atoms with E-state index in [0.29, 0.717) is 11.3 Å². The van der Waals surface area contributed by atoms with Gasteiger partial charge in [-0.15, -0.1) is 0 Å². The van der Waals surface area contributed by atoms with E-state index in [-0.39, 0.29) is 22.4 Å². The van der Waals surface area contributed by atoms with Crippen molar-refractivity contribution in [3.05, 3.63) is 109 Å². The Balaban J connectivity index is 1.89. The van der Waals surface area contributed by atoms with Gasteiger partial charge in [-0.25, -0.2) is 9.59 Å². The Hall–Kier alpha value is -5.12. The third-order valence-corrected chi connectivity index (χ3v) is 6.52. The van der Waals surface area contributed by atoms with E-state index in [1.54, 1.807) is 36.1 Å². The van der Waals surface area contributed by atoms with Crippen LogP contribution in [0.2, 0.25) is 0 Å². The minimum atomic E-state index is -0.655. The third kappa shape index (κ3) is 2.97. The fourth-order valence-corrected chi connectivity index (χ4v) is 4.81. The molecular formula is C26H20N6O4. The molecule has 4 aromatic heterocycles. The number of fused-ring (bicyclic) bond motifs is 2. The summed E-state index contributed by atoms with van der Waals surface area (Å²) in [6.07, 6.45) is 3.42. The average Bonchev–Trinajstić information content (AvgIpc) is 3.53. The monoisotopic (exact) mass is 480 g/mol. The minimum Gasteiger partial charge on any atom is -0.340 e. The van der Waals surface area contributed by atoms with Crippen LogP contribution in [0, 0.1) is 0 Å². The van der Waals surface area contributed by atoms with Crippen molar-refractivity contribution in [3.8, 4) is 28.2 Å². The van der Waals surface area contributed by atoms with Crippen molar-refractivity contribution in [3.63, 3.8) is 0 Å². The Morgan fingerprint density at radius 3 is 2.11 bits per heavy atom. The molecule has 10 nitrogen and oxygen atoms in total. The van der Waals surface area contributed by atoms with Crippen LogP contribution in [0.15, 0.2) is 86.2 Å². The zero-order valence-electron chi connectivity index (χ0n) is 19.3. The fourth-order valence-electron chi connectivity index (χ4n) is 4.81. The van der Waals surface area contributed by atoms with Crippen molar-refractivity contribution in [2.75, 3.05) is 0 Å². The molecule has 0 unspecified atom stereocenters. The average molecular weight is 480 g/mol. The van der Waals surface area contributed by atoms with Crippen LogP contribution < -0.4 is 22.5 Å². The summed E-state index contributed by atoms with van der Waals surface area (Å²) >= 11 is 0. The molecule has 0 atom stereocenters. The molecular weight excluding hydrogens is 460 g/mol. The van der Waals surface area contributed by atoms with Crippen LogP contribution in [0.5, 0.6) is 0 Å². The summed E-state index contributed by atoms with van der Waals surface area (Å²) in [4.78, 5) is 59.7. The molecule has 0 bridgehead atoms. The largest absolute Gasteiger partial charge is 0.340 e. The van der Waals surface area contributed by atoms with Gasteiger partial charge in [0, 0.05) is 37.6 Å². The van der Waals surface area contributed by atoms with Crippen LogP contribution in [0.3, 0.4) is 0 Å². The first kappa shape index (κ1) is 21.4. The van der Waals surface area contributed by atoms with E-state index < -0.39 is 22.5 Å². The van der Waals surface area contributed by atoms with E-state index in [4.69, 9.17) is 0 Å². The molecule has 0 amide bonds. The number of hydrogen-bond acceptors (Lipinski definition) is 4. The number of aryl methyl sites for hydroxylation is 1. The summed E-state index contributed by atoms with van der Waals surface area (Å²) in [5.41, 5.74) is -0.609. The second kappa shape index (κ2) is 7.70. The Kier molecular flexibility index (Phi) is 4.58. The zero-order chi connectivity index (χ0) is 25.1. The van der Waals surface area contributed by atoms with Crippen LogP contribution >= 0.6 is 0 Å². The van der Waals surface area contributed by atoms with E-state index in [2.05, 4.69) is 15.0 Å². The highest BCUT2D eigenvalue weighted by Gasteiger charge is 2.27. The van der Waals surface area contributed by atoms with E-state index in [9.17, 15) is 19.2 Å². The highest BCUT2D eigenvalue weighted by atomic mass is 16.2. The molecule has 0 aliphatic rings. The normalized spacial score (nSPS) is 11.5. The summed E-state index contributed by atoms with van der Waals surface area (Å²) in [6.45, 7) is 0. The Morgan fingerprint density at radius 2 is 1.33 bits per heavy atom. The molecule has 0 fully saturated rings. The van der Waals surface area contributed by atoms with Gasteiger partial charge in [-0.3, -0.25) is 28.7 Å². The lowest BCUT2D eigenvalue weighted by atomic mass is 9.96. The molecule has 0 saturated carbocycles. The van der Waals surface area contributed by atoms with Gasteiger partial charge < -0.3 is 9.55 Å². The molecule has 6 rings (SSSR count). The molecule has 2 aromatic carbocycles. The van der Waals surface area contributed by atoms with Gasteiger partial charge in [0.2, 0.25) is 0 Å². The van der Waals surface area contributed by atoms with Crippen molar-refractivity contribution in [1.82, 2.24) is 28.7 Å². The van der Waals surface area contributed by atoms with Gasteiger partial charge in [0.15, 0.2) is 0 Å². The molecule has 0 aliphatic heterocycles. The maximum Gasteiger partial charge on any atom is 0.329 e. The number of hydrogen-bond donors (Lipinski definition) is 3. The highest BCUT2D eigenvalue weighted by Crippen LogP contribution is 2.39. The van der Waals surface area contributed by atoms with Crippen LogP contribution in [0.1, 0.15) is 0 Å². The number of H-pyrrole nitrogens is 3. The van der Waals surface area contributed by atoms with Gasteiger partial charge in [-0.2, -0.15) is 0 Å². The van der Waals surface area contributed by atoms with Crippen LogP contribution in [-0.4, -0.2) is 28.7 Å². The van der Waals surface area contributed by atoms with Gasteiger partial charge >= 0.3 is 11.4 Å². The SMILES string of the molecule is Cn1c(-n2cccc2)c(-c2c(-c3cccc4ccccc34)[nH]c3c2c(=O)[nH]c(=O)n3C)c(=O)[nH]c1=O. The van der Waals surface area contributed by atoms with Crippen molar-refractivity contribution in [1.29, 1.82) is 0 Å². The molecule has 0 aliphatic carbocycles. The van der Waals surface area contributed by atoms with E-state index in [0.717, 1.165) is 16.3 Å². The number of benzene rings is 2. The first-order valence-corrected chi connectivity index (χ1v) is 11.2. The third-order valence-electron chi connectivity index (χ3n) is 6.52. The second-order valence-electron chi connectivity index (χ2n) is 8.55. The first-order valence-electron chi connectivity index (χ1n) is 11.2. The lowest BCUT2D eigenvalue weighted by Gasteiger charge is -2.15. The minimum absolute atomic E-state index is 0.117. The molecule has 0 spiro atoms. The lowest BCUT2D eigenvalue weighted by molar-refractivity contribution is 0.755. The Morgan fingerprint density at radius 1 is 0.667 bits per heavy atom. The Bertz CT molecular complexity index is 2050. The highest BCUT2D eigenvalue weighted by molar-refractivity contribution is 6.08. The first-order chi connectivity index (χ1) is 17.4. The lowest BCUT2D eigenvalue weighted by Crippen LogP contribution is -2.33. The summed E-state index contributed by atoms with van der Waals surface area (Å²) in [6, 6.07) is 17.0. The topological polar surface area (TPSA) is 130 Å². The predicted octanol–water partition coefficient (Wildman–Crippen LogP) is 2.22. The maximum atomic E-state index is 13.5. The molecule has 0 saturated heterocycles. The van der Waals surface area contributed by atoms with Crippen molar-refractivity contribution >= 4 is 21.8 Å². The van der Waals surface area contributed by atoms with E-state index in [1.807, 2.05) is 42.5 Å². The summed E-state index contributed by atoms with van der Waals surface area (Å²) in [5, 5.41) is 1.98. The molecule has 178 valence electrons. The fraction of sp³-hybridized carbons (Fsp3) is 0.0769. The predicted molar refractivity (Wildman–Crippen MR) is 138 cm³/mol. The van der Waals surface area contributed by atoms with Crippen molar-refractivity contribution in [2.24, 2.45) is 14.1 Å². The van der Waals surface area contributed by atoms with E-state index in [1.165, 1.54) is 16.2 Å². The Labute approximate surface area is 201 Å². The van der Waals surface area contributed by atoms with Gasteiger partial charge in [0.05, 0.1) is 16.6 Å².